The minimum absolute atomic E-state index is 0.192. The molecule has 1 fully saturated rings. The number of carbonyl (C=O) groups is 4. The van der Waals surface area contributed by atoms with E-state index in [-0.39, 0.29) is 30.2 Å². The molecule has 5 amide bonds. The summed E-state index contributed by atoms with van der Waals surface area (Å²) in [5.41, 5.74) is 0.905. The average molecular weight is 608 g/mol. The highest BCUT2D eigenvalue weighted by Crippen LogP contribution is 2.34. The number of hydrogen-bond donors (Lipinski definition) is 2. The van der Waals surface area contributed by atoms with Crippen LogP contribution in [0.3, 0.4) is 0 Å². The summed E-state index contributed by atoms with van der Waals surface area (Å²) in [5, 5.41) is 5.45. The number of barbiturate groups is 1. The van der Waals surface area contributed by atoms with Crippen molar-refractivity contribution in [2.75, 3.05) is 37.1 Å². The summed E-state index contributed by atoms with van der Waals surface area (Å²) in [6.45, 7) is 4.19. The van der Waals surface area contributed by atoms with Crippen LogP contribution in [0.15, 0.2) is 66.2 Å². The number of rotatable bonds is 12. The molecule has 11 nitrogen and oxygen atoms in total. The van der Waals surface area contributed by atoms with Gasteiger partial charge in [0.05, 0.1) is 26.0 Å². The normalized spacial score (nSPS) is 13.9. The Balaban J connectivity index is 1.54. The van der Waals surface area contributed by atoms with Crippen LogP contribution in [-0.4, -0.2) is 50.7 Å². The van der Waals surface area contributed by atoms with Gasteiger partial charge in [0.15, 0.2) is 29.6 Å². The molecule has 2 N–H and O–H groups in total. The molecule has 0 spiro atoms. The zero-order valence-corrected chi connectivity index (χ0v) is 24.5. The van der Waals surface area contributed by atoms with Gasteiger partial charge in [-0.3, -0.25) is 19.7 Å². The highest BCUT2D eigenvalue weighted by molar-refractivity contribution is 6.39. The lowest BCUT2D eigenvalue weighted by Crippen LogP contribution is -2.54. The van der Waals surface area contributed by atoms with Crippen LogP contribution in [0.25, 0.3) is 6.08 Å². The third-order valence-electron chi connectivity index (χ3n) is 6.03. The molecular weight excluding hydrogens is 578 g/mol. The van der Waals surface area contributed by atoms with Crippen LogP contribution in [0, 0.1) is 0 Å². The van der Waals surface area contributed by atoms with Crippen LogP contribution in [-0.2, 0) is 14.4 Å². The molecule has 3 aromatic rings. The van der Waals surface area contributed by atoms with Crippen molar-refractivity contribution in [3.8, 4) is 23.0 Å². The van der Waals surface area contributed by atoms with Gasteiger partial charge in [-0.1, -0.05) is 24.6 Å². The van der Waals surface area contributed by atoms with Gasteiger partial charge in [-0.25, -0.2) is 9.69 Å². The molecule has 12 heteroatoms. The zero-order chi connectivity index (χ0) is 30.9. The third kappa shape index (κ3) is 7.63. The van der Waals surface area contributed by atoms with Gasteiger partial charge < -0.3 is 24.3 Å². The summed E-state index contributed by atoms with van der Waals surface area (Å²) in [7, 11) is 1.44. The predicted molar refractivity (Wildman–Crippen MR) is 161 cm³/mol. The van der Waals surface area contributed by atoms with Gasteiger partial charge in [0.2, 0.25) is 0 Å². The number of methoxy groups -OCH3 is 1. The van der Waals surface area contributed by atoms with Crippen molar-refractivity contribution in [3.63, 3.8) is 0 Å². The largest absolute Gasteiger partial charge is 0.493 e. The maximum atomic E-state index is 13.4. The van der Waals surface area contributed by atoms with Crippen molar-refractivity contribution in [2.24, 2.45) is 0 Å². The molecule has 0 radical (unpaired) electrons. The lowest BCUT2D eigenvalue weighted by Gasteiger charge is -2.27. The number of ether oxygens (including phenoxy) is 4. The first-order chi connectivity index (χ1) is 20.7. The van der Waals surface area contributed by atoms with Gasteiger partial charge in [0.1, 0.15) is 5.57 Å². The van der Waals surface area contributed by atoms with E-state index in [1.54, 1.807) is 55.5 Å². The summed E-state index contributed by atoms with van der Waals surface area (Å²) in [5.74, 6) is -0.713. The summed E-state index contributed by atoms with van der Waals surface area (Å²) in [6, 6.07) is 15.1. The number of amides is 5. The highest BCUT2D eigenvalue weighted by atomic mass is 35.5. The van der Waals surface area contributed by atoms with Gasteiger partial charge in [-0.05, 0) is 73.5 Å². The molecule has 4 rings (SSSR count). The standard InChI is InChI=1S/C31H30ClN3O8/c1-4-14-42-24-13-11-22(17-26(24)40-3)35-30(38)23(29(37)34-31(35)39)15-19-6-12-25(27(16-19)41-5-2)43-18-28(36)33-21-9-7-20(32)8-10-21/h6-13,15-17H,4-5,14,18H2,1-3H3,(H,33,36)(H,34,37,39)/b23-15+. The molecule has 3 aromatic carbocycles. The second kappa shape index (κ2) is 14.2. The van der Waals surface area contributed by atoms with E-state index < -0.39 is 23.8 Å². The van der Waals surface area contributed by atoms with E-state index in [4.69, 9.17) is 30.5 Å². The van der Waals surface area contributed by atoms with Crippen molar-refractivity contribution < 1.29 is 38.1 Å². The number of nitrogens with one attached hydrogen (secondary N) is 2. The van der Waals surface area contributed by atoms with E-state index in [9.17, 15) is 19.2 Å². The average Bonchev–Trinajstić information content (AvgIpc) is 2.99. The number of carbonyl (C=O) groups excluding carboxylic acids is 4. The van der Waals surface area contributed by atoms with Gasteiger partial charge in [0, 0.05) is 16.8 Å². The number of halogens is 1. The molecule has 0 bridgehead atoms. The molecule has 0 atom stereocenters. The second-order valence-corrected chi connectivity index (χ2v) is 9.56. The van der Waals surface area contributed by atoms with Crippen LogP contribution >= 0.6 is 11.6 Å². The first kappa shape index (κ1) is 30.9. The number of nitrogens with zero attached hydrogens (tertiary/aromatic N) is 1. The van der Waals surface area contributed by atoms with Crippen LogP contribution < -0.4 is 34.5 Å². The van der Waals surface area contributed by atoms with Gasteiger partial charge in [-0.15, -0.1) is 0 Å². The van der Waals surface area contributed by atoms with E-state index in [1.807, 2.05) is 6.92 Å². The van der Waals surface area contributed by atoms with Crippen LogP contribution in [0.5, 0.6) is 23.0 Å². The summed E-state index contributed by atoms with van der Waals surface area (Å²) < 4.78 is 22.4. The number of imide groups is 2. The topological polar surface area (TPSA) is 132 Å². The molecule has 1 saturated heterocycles. The van der Waals surface area contributed by atoms with Gasteiger partial charge >= 0.3 is 6.03 Å². The first-order valence-electron chi connectivity index (χ1n) is 13.4. The van der Waals surface area contributed by atoms with Crippen molar-refractivity contribution in [3.05, 3.63) is 76.8 Å². The Labute approximate surface area is 253 Å². The molecule has 0 aliphatic carbocycles. The Morgan fingerprint density at radius 2 is 1.63 bits per heavy atom. The van der Waals surface area contributed by atoms with Crippen molar-refractivity contribution in [1.82, 2.24) is 5.32 Å². The molecule has 0 aromatic heterocycles. The van der Waals surface area contributed by atoms with E-state index in [0.717, 1.165) is 11.3 Å². The predicted octanol–water partition coefficient (Wildman–Crippen LogP) is 5.22. The lowest BCUT2D eigenvalue weighted by molar-refractivity contribution is -0.122. The number of anilines is 2. The fourth-order valence-corrected chi connectivity index (χ4v) is 4.19. The molecule has 224 valence electrons. The Morgan fingerprint density at radius 3 is 2.33 bits per heavy atom. The van der Waals surface area contributed by atoms with E-state index in [1.165, 1.54) is 25.3 Å². The lowest BCUT2D eigenvalue weighted by atomic mass is 10.1. The molecular formula is C31H30ClN3O8. The van der Waals surface area contributed by atoms with Crippen molar-refractivity contribution in [2.45, 2.75) is 20.3 Å². The SMILES string of the molecule is CCCOc1ccc(N2C(=O)NC(=O)/C(=C\c3ccc(OCC(=O)Nc4ccc(Cl)cc4)c(OCC)c3)C2=O)cc1OC. The minimum Gasteiger partial charge on any atom is -0.493 e. The van der Waals surface area contributed by atoms with Crippen LogP contribution in [0.2, 0.25) is 5.02 Å². The first-order valence-corrected chi connectivity index (χ1v) is 13.8. The monoisotopic (exact) mass is 607 g/mol. The van der Waals surface area contributed by atoms with E-state index in [2.05, 4.69) is 10.6 Å². The number of hydrogen-bond acceptors (Lipinski definition) is 8. The minimum atomic E-state index is -0.896. The smallest absolute Gasteiger partial charge is 0.335 e. The fraction of sp³-hybridized carbons (Fsp3) is 0.226. The van der Waals surface area contributed by atoms with Crippen LogP contribution in [0.1, 0.15) is 25.8 Å². The Kier molecular flexibility index (Phi) is 10.2. The molecule has 0 unspecified atom stereocenters. The summed E-state index contributed by atoms with van der Waals surface area (Å²) >= 11 is 5.88. The maximum absolute atomic E-state index is 13.4. The third-order valence-corrected chi connectivity index (χ3v) is 6.29. The van der Waals surface area contributed by atoms with Gasteiger partial charge in [0.25, 0.3) is 17.7 Å². The molecule has 1 aliphatic rings. The quantitative estimate of drug-likeness (QED) is 0.212. The van der Waals surface area contributed by atoms with Crippen LogP contribution in [0.4, 0.5) is 16.2 Å². The zero-order valence-electron chi connectivity index (χ0n) is 23.8. The Hall–Kier alpha value is -5.03. The summed E-state index contributed by atoms with van der Waals surface area (Å²) in [6.07, 6.45) is 2.12. The molecule has 0 saturated carbocycles. The fourth-order valence-electron chi connectivity index (χ4n) is 4.06. The highest BCUT2D eigenvalue weighted by Gasteiger charge is 2.37. The number of urea groups is 1. The Bertz CT molecular complexity index is 1560. The molecule has 1 heterocycles. The second-order valence-electron chi connectivity index (χ2n) is 9.12. The maximum Gasteiger partial charge on any atom is 0.335 e. The summed E-state index contributed by atoms with van der Waals surface area (Å²) in [4.78, 5) is 52.1. The molecule has 1 aliphatic heterocycles. The van der Waals surface area contributed by atoms with Crippen molar-refractivity contribution in [1.29, 1.82) is 0 Å². The van der Waals surface area contributed by atoms with E-state index in [0.29, 0.717) is 40.1 Å². The Morgan fingerprint density at radius 1 is 0.907 bits per heavy atom. The number of benzene rings is 3. The van der Waals surface area contributed by atoms with E-state index >= 15 is 0 Å². The van der Waals surface area contributed by atoms with Crippen molar-refractivity contribution >= 4 is 52.8 Å². The van der Waals surface area contributed by atoms with Gasteiger partial charge in [-0.2, -0.15) is 0 Å². The molecule has 43 heavy (non-hydrogen) atoms.